The molecule has 0 aromatic heterocycles. The van der Waals surface area contributed by atoms with E-state index in [-0.39, 0.29) is 22.4 Å². The zero-order valence-corrected chi connectivity index (χ0v) is 30.4. The van der Waals surface area contributed by atoms with Crippen LogP contribution in [0, 0.1) is 0 Å². The van der Waals surface area contributed by atoms with Crippen molar-refractivity contribution >= 4 is 22.9 Å². The zero-order valence-electron chi connectivity index (χ0n) is 30.4. The van der Waals surface area contributed by atoms with Gasteiger partial charge in [-0.05, 0) is 78.4 Å². The molecule has 50 heavy (non-hydrogen) atoms. The van der Waals surface area contributed by atoms with Gasteiger partial charge in [0.1, 0.15) is 12.3 Å². The Morgan fingerprint density at radius 1 is 0.700 bits per heavy atom. The Kier molecular flexibility index (Phi) is 8.76. The number of rotatable bonds is 10. The maximum Gasteiger partial charge on any atom is 0.209 e. The lowest BCUT2D eigenvalue weighted by Gasteiger charge is -2.29. The van der Waals surface area contributed by atoms with E-state index in [0.717, 1.165) is 50.2 Å². The second-order valence-electron chi connectivity index (χ2n) is 15.0. The van der Waals surface area contributed by atoms with Gasteiger partial charge in [0.2, 0.25) is 11.5 Å². The Morgan fingerprint density at radius 2 is 1.30 bits per heavy atom. The molecule has 2 heterocycles. The van der Waals surface area contributed by atoms with Crippen LogP contribution in [0.4, 0.5) is 11.4 Å². The second-order valence-corrected chi connectivity index (χ2v) is 15.0. The number of unbranched alkanes of at least 4 members (excludes halogenated alkanes) is 2. The number of Topliss-reactive ketones (excluding diaryl/α,β-unsaturated/α-hetero) is 1. The van der Waals surface area contributed by atoms with E-state index in [0.29, 0.717) is 11.1 Å². The molecule has 7 rings (SSSR count). The fraction of sp³-hybridized carbons (Fsp3) is 0.304. The third-order valence-corrected chi connectivity index (χ3v) is 11.0. The summed E-state index contributed by atoms with van der Waals surface area (Å²) in [5.41, 5.74) is 11.8. The van der Waals surface area contributed by atoms with Crippen molar-refractivity contribution in [2.45, 2.75) is 78.1 Å². The molecule has 0 radical (unpaired) electrons. The van der Waals surface area contributed by atoms with Crippen molar-refractivity contribution in [3.8, 4) is 22.3 Å². The number of benzene rings is 4. The van der Waals surface area contributed by atoms with Gasteiger partial charge in [-0.1, -0.05) is 107 Å². The molecule has 4 nitrogen and oxygen atoms in total. The summed E-state index contributed by atoms with van der Waals surface area (Å²) in [6.07, 6.45) is 8.13. The Hall–Kier alpha value is -4.96. The molecule has 1 aliphatic carbocycles. The van der Waals surface area contributed by atoms with Crippen LogP contribution in [0.2, 0.25) is 0 Å². The smallest absolute Gasteiger partial charge is 0.209 e. The molecule has 3 aliphatic rings. The first-order chi connectivity index (χ1) is 24.1. The van der Waals surface area contributed by atoms with Crippen LogP contribution in [0.5, 0.6) is 0 Å². The summed E-state index contributed by atoms with van der Waals surface area (Å²) in [4.78, 5) is 16.4. The van der Waals surface area contributed by atoms with Crippen LogP contribution < -0.4 is 4.90 Å². The van der Waals surface area contributed by atoms with Gasteiger partial charge in [0.05, 0.1) is 16.6 Å². The molecule has 0 unspecified atom stereocenters. The lowest BCUT2D eigenvalue weighted by atomic mass is 9.77. The van der Waals surface area contributed by atoms with Gasteiger partial charge in [0, 0.05) is 47.5 Å². The van der Waals surface area contributed by atoms with Crippen molar-refractivity contribution in [3.63, 3.8) is 0 Å². The van der Waals surface area contributed by atoms with E-state index in [9.17, 15) is 9.90 Å². The number of aliphatic hydroxyl groups excluding tert-OH is 1. The number of hydrogen-bond acceptors (Lipinski definition) is 3. The normalized spacial score (nSPS) is 19.0. The first-order valence-corrected chi connectivity index (χ1v) is 18.3. The molecule has 254 valence electrons. The molecule has 0 bridgehead atoms. The average Bonchev–Trinajstić information content (AvgIpc) is 3.48. The minimum Gasteiger partial charge on any atom is -0.506 e. The van der Waals surface area contributed by atoms with E-state index in [2.05, 4.69) is 136 Å². The summed E-state index contributed by atoms with van der Waals surface area (Å²) in [5.74, 6) is -0.00353. The molecule has 0 fully saturated rings. The van der Waals surface area contributed by atoms with Crippen LogP contribution in [0.3, 0.4) is 0 Å². The summed E-state index contributed by atoms with van der Waals surface area (Å²) in [6.45, 7) is 15.1. The standard InChI is InChI=1S/C46H48N2O2/c1-7-9-25-47-39-23-21-33(31-17-13-11-14-18-31)27-37(39)45(3,4)41(47)29-35-43(49)36(44(35)50)30-42-46(5,6)38-28-34(32-19-15-12-16-20-32)22-24-40(38)48(42)26-10-8-2/h11-24,27-30H,7-10,25-26H2,1-6H3/p+1. The first-order valence-electron chi connectivity index (χ1n) is 18.3. The number of carbonyl (C=O) groups excluding carboxylic acids is 1. The van der Waals surface area contributed by atoms with Crippen molar-refractivity contribution in [1.29, 1.82) is 0 Å². The number of allylic oxidation sites excluding steroid dienone is 5. The van der Waals surface area contributed by atoms with E-state index in [4.69, 9.17) is 0 Å². The summed E-state index contributed by atoms with van der Waals surface area (Å²) in [5, 5.41) is 11.6. The molecule has 4 aromatic carbocycles. The Bertz CT molecular complexity index is 2090. The van der Waals surface area contributed by atoms with Gasteiger partial charge in [-0.3, -0.25) is 4.79 Å². The number of hydrogen-bond donors (Lipinski definition) is 1. The predicted molar refractivity (Wildman–Crippen MR) is 208 cm³/mol. The summed E-state index contributed by atoms with van der Waals surface area (Å²) >= 11 is 0. The van der Waals surface area contributed by atoms with E-state index >= 15 is 0 Å². The summed E-state index contributed by atoms with van der Waals surface area (Å²) in [7, 11) is 0. The molecule has 4 aromatic rings. The maximum atomic E-state index is 14.1. The monoisotopic (exact) mass is 661 g/mol. The van der Waals surface area contributed by atoms with Crippen molar-refractivity contribution in [1.82, 2.24) is 0 Å². The molecular formula is C46H49N2O2+. The SMILES string of the molecule is CCCCN1/C(=C/C2=C(O)C(=C/C3=[N+](CCCC)c4ccc(-c5ccccc5)cc4C3(C)C)/C2=O)C(C)(C)c2cc(-c3ccccc3)ccc21. The third-order valence-electron chi connectivity index (χ3n) is 11.0. The molecule has 0 amide bonds. The highest BCUT2D eigenvalue weighted by Gasteiger charge is 2.47. The van der Waals surface area contributed by atoms with E-state index < -0.39 is 0 Å². The number of aliphatic hydroxyl groups is 1. The minimum absolute atomic E-state index is 0.0920. The van der Waals surface area contributed by atoms with Crippen LogP contribution in [-0.2, 0) is 15.6 Å². The van der Waals surface area contributed by atoms with Crippen LogP contribution in [0.25, 0.3) is 22.3 Å². The van der Waals surface area contributed by atoms with Crippen molar-refractivity contribution in [3.05, 3.63) is 143 Å². The van der Waals surface area contributed by atoms with E-state index in [1.54, 1.807) is 0 Å². The molecule has 2 aliphatic heterocycles. The minimum atomic E-state index is -0.349. The Morgan fingerprint density at radius 3 is 1.90 bits per heavy atom. The highest BCUT2D eigenvalue weighted by atomic mass is 16.3. The van der Waals surface area contributed by atoms with E-state index in [1.165, 1.54) is 44.8 Å². The largest absolute Gasteiger partial charge is 0.506 e. The Balaban J connectivity index is 1.27. The lowest BCUT2D eigenvalue weighted by Crippen LogP contribution is -2.32. The lowest BCUT2D eigenvalue weighted by molar-refractivity contribution is -0.438. The van der Waals surface area contributed by atoms with Crippen LogP contribution in [0.1, 0.15) is 78.4 Å². The number of carbonyl (C=O) groups is 1. The molecule has 1 N–H and O–H groups in total. The highest BCUT2D eigenvalue weighted by molar-refractivity contribution is 6.24. The maximum absolute atomic E-state index is 14.1. The fourth-order valence-corrected chi connectivity index (χ4v) is 7.99. The second kappa shape index (κ2) is 13.1. The molecule has 0 atom stereocenters. The van der Waals surface area contributed by atoms with Gasteiger partial charge in [-0.15, -0.1) is 0 Å². The first kappa shape index (κ1) is 33.5. The zero-order chi connectivity index (χ0) is 35.2. The number of anilines is 1. The fourth-order valence-electron chi connectivity index (χ4n) is 7.99. The number of ketones is 1. The van der Waals surface area contributed by atoms with Gasteiger partial charge < -0.3 is 10.0 Å². The van der Waals surface area contributed by atoms with Crippen LogP contribution >= 0.6 is 0 Å². The molecule has 0 spiro atoms. The van der Waals surface area contributed by atoms with E-state index in [1.807, 2.05) is 24.3 Å². The molecule has 0 saturated heterocycles. The van der Waals surface area contributed by atoms with Crippen LogP contribution in [0.15, 0.2) is 132 Å². The van der Waals surface area contributed by atoms with Gasteiger partial charge in [-0.25, -0.2) is 0 Å². The number of nitrogens with zero attached hydrogens (tertiary/aromatic N) is 2. The predicted octanol–water partition coefficient (Wildman–Crippen LogP) is 11.0. The number of fused-ring (bicyclic) bond motifs is 2. The van der Waals surface area contributed by atoms with Crippen molar-refractivity contribution in [2.24, 2.45) is 0 Å². The molecule has 0 saturated carbocycles. The van der Waals surface area contributed by atoms with Gasteiger partial charge in [0.25, 0.3) is 0 Å². The summed E-state index contributed by atoms with van der Waals surface area (Å²) < 4.78 is 2.37. The van der Waals surface area contributed by atoms with Crippen molar-refractivity contribution < 1.29 is 14.5 Å². The van der Waals surface area contributed by atoms with Crippen molar-refractivity contribution in [2.75, 3.05) is 18.0 Å². The average molecular weight is 662 g/mol. The molecular weight excluding hydrogens is 613 g/mol. The Labute approximate surface area is 297 Å². The van der Waals surface area contributed by atoms with Gasteiger partial charge >= 0.3 is 0 Å². The van der Waals surface area contributed by atoms with Gasteiger partial charge in [0.15, 0.2) is 5.71 Å². The topological polar surface area (TPSA) is 43.5 Å². The summed E-state index contributed by atoms with van der Waals surface area (Å²) in [6, 6.07) is 34.4. The van der Waals surface area contributed by atoms with Gasteiger partial charge in [-0.2, -0.15) is 4.58 Å². The highest BCUT2D eigenvalue weighted by Crippen LogP contribution is 2.50. The third kappa shape index (κ3) is 5.55. The molecule has 4 heteroatoms. The van der Waals surface area contributed by atoms with Crippen LogP contribution in [-0.4, -0.2) is 34.3 Å². The quantitative estimate of drug-likeness (QED) is 0.136.